The maximum absolute atomic E-state index is 12.6. The molecule has 1 N–H and O–H groups in total. The third-order valence-corrected chi connectivity index (χ3v) is 4.41. The normalized spacial score (nSPS) is 18.7. The molecule has 126 valence electrons. The van der Waals surface area contributed by atoms with E-state index in [4.69, 9.17) is 11.6 Å². The molecule has 1 saturated heterocycles. The van der Waals surface area contributed by atoms with Crippen LogP contribution in [0.3, 0.4) is 0 Å². The van der Waals surface area contributed by atoms with Crippen LogP contribution in [0.15, 0.2) is 18.2 Å². The minimum atomic E-state index is -0.415. The van der Waals surface area contributed by atoms with Gasteiger partial charge in [-0.2, -0.15) is 0 Å². The first-order valence-corrected chi connectivity index (χ1v) is 8.42. The lowest BCUT2D eigenvalue weighted by molar-refractivity contribution is -0.142. The van der Waals surface area contributed by atoms with Crippen LogP contribution in [0.2, 0.25) is 5.02 Å². The summed E-state index contributed by atoms with van der Waals surface area (Å²) >= 11 is 6.00. The molecule has 1 aliphatic rings. The number of amides is 2. The maximum Gasteiger partial charge on any atom is 0.229 e. The van der Waals surface area contributed by atoms with Crippen LogP contribution in [0.4, 0.5) is 5.69 Å². The minimum Gasteiger partial charge on any atom is -0.341 e. The zero-order valence-corrected chi connectivity index (χ0v) is 15.0. The van der Waals surface area contributed by atoms with Crippen molar-refractivity contribution in [2.75, 3.05) is 18.4 Å². The highest BCUT2D eigenvalue weighted by atomic mass is 35.5. The minimum absolute atomic E-state index is 0.0400. The number of rotatable bonds is 2. The molecule has 1 aromatic carbocycles. The number of carbonyl (C=O) groups excluding carboxylic acids is 2. The van der Waals surface area contributed by atoms with Gasteiger partial charge in [-0.1, -0.05) is 38.4 Å². The first-order chi connectivity index (χ1) is 10.7. The molecule has 0 aliphatic carbocycles. The summed E-state index contributed by atoms with van der Waals surface area (Å²) in [5.74, 6) is -0.107. The predicted octanol–water partition coefficient (Wildman–Crippen LogP) is 3.87. The van der Waals surface area contributed by atoms with E-state index in [1.807, 2.05) is 38.7 Å². The van der Waals surface area contributed by atoms with Crippen LogP contribution in [0.25, 0.3) is 0 Å². The number of aryl methyl sites for hydroxylation is 1. The number of halogens is 1. The lowest BCUT2D eigenvalue weighted by atomic mass is 9.91. The summed E-state index contributed by atoms with van der Waals surface area (Å²) in [5, 5.41) is 3.55. The van der Waals surface area contributed by atoms with Gasteiger partial charge in [-0.3, -0.25) is 9.59 Å². The van der Waals surface area contributed by atoms with Crippen molar-refractivity contribution in [3.8, 4) is 0 Å². The van der Waals surface area contributed by atoms with E-state index in [9.17, 15) is 9.59 Å². The van der Waals surface area contributed by atoms with E-state index in [1.165, 1.54) is 0 Å². The topological polar surface area (TPSA) is 49.4 Å². The van der Waals surface area contributed by atoms with Crippen molar-refractivity contribution in [3.63, 3.8) is 0 Å². The zero-order chi connectivity index (χ0) is 17.2. The average Bonchev–Trinajstić information content (AvgIpc) is 2.49. The summed E-state index contributed by atoms with van der Waals surface area (Å²) in [6.45, 7) is 8.89. The van der Waals surface area contributed by atoms with Crippen LogP contribution >= 0.6 is 11.6 Å². The van der Waals surface area contributed by atoms with Gasteiger partial charge in [0.05, 0.1) is 5.92 Å². The first-order valence-electron chi connectivity index (χ1n) is 8.05. The van der Waals surface area contributed by atoms with Crippen molar-refractivity contribution in [2.45, 2.75) is 40.5 Å². The Hall–Kier alpha value is -1.55. The van der Waals surface area contributed by atoms with Gasteiger partial charge < -0.3 is 10.2 Å². The van der Waals surface area contributed by atoms with Gasteiger partial charge in [0.15, 0.2) is 0 Å². The fraction of sp³-hybridized carbons (Fsp3) is 0.556. The van der Waals surface area contributed by atoms with Crippen LogP contribution < -0.4 is 5.32 Å². The van der Waals surface area contributed by atoms with Crippen LogP contribution in [0.1, 0.15) is 39.2 Å². The molecule has 2 amide bonds. The standard InChI is InChI=1S/C18H25ClN2O2/c1-12-7-8-14(19)10-15(12)20-16(22)13-6-5-9-21(11-13)17(23)18(2,3)4/h7-8,10,13H,5-6,9,11H2,1-4H3,(H,20,22)/t13-/m0/s1. The summed E-state index contributed by atoms with van der Waals surface area (Å²) in [5.41, 5.74) is 1.30. The van der Waals surface area contributed by atoms with Crippen LogP contribution in [0, 0.1) is 18.3 Å². The van der Waals surface area contributed by atoms with Crippen LogP contribution in [-0.4, -0.2) is 29.8 Å². The number of anilines is 1. The fourth-order valence-corrected chi connectivity index (χ4v) is 2.99. The first kappa shape index (κ1) is 17.8. The smallest absolute Gasteiger partial charge is 0.229 e. The molecule has 0 saturated carbocycles. The Morgan fingerprint density at radius 1 is 1.30 bits per heavy atom. The molecule has 0 aromatic heterocycles. The quantitative estimate of drug-likeness (QED) is 0.891. The van der Waals surface area contributed by atoms with Crippen molar-refractivity contribution in [2.24, 2.45) is 11.3 Å². The van der Waals surface area contributed by atoms with E-state index in [1.54, 1.807) is 12.1 Å². The number of hydrogen-bond acceptors (Lipinski definition) is 2. The summed E-state index contributed by atoms with van der Waals surface area (Å²) in [6, 6.07) is 5.45. The summed E-state index contributed by atoms with van der Waals surface area (Å²) in [7, 11) is 0. The Bertz CT molecular complexity index is 608. The Morgan fingerprint density at radius 2 is 2.00 bits per heavy atom. The molecule has 1 heterocycles. The van der Waals surface area contributed by atoms with Crippen molar-refractivity contribution >= 4 is 29.1 Å². The number of likely N-dealkylation sites (tertiary alicyclic amines) is 1. The van der Waals surface area contributed by atoms with E-state index in [0.717, 1.165) is 30.6 Å². The van der Waals surface area contributed by atoms with E-state index >= 15 is 0 Å². The number of benzene rings is 1. The second-order valence-corrected chi connectivity index (χ2v) is 7.73. The number of carbonyl (C=O) groups is 2. The molecule has 1 fully saturated rings. The lowest BCUT2D eigenvalue weighted by Crippen LogP contribution is -2.47. The van der Waals surface area contributed by atoms with Gasteiger partial charge in [0.1, 0.15) is 0 Å². The molecule has 0 bridgehead atoms. The highest BCUT2D eigenvalue weighted by Gasteiger charge is 2.33. The number of nitrogens with zero attached hydrogens (tertiary/aromatic N) is 1. The molecular weight excluding hydrogens is 312 g/mol. The van der Waals surface area contributed by atoms with Gasteiger partial charge in [0.25, 0.3) is 0 Å². The number of nitrogens with one attached hydrogen (secondary N) is 1. The molecule has 0 spiro atoms. The molecule has 1 aromatic rings. The van der Waals surface area contributed by atoms with E-state index in [-0.39, 0.29) is 17.7 Å². The molecule has 0 unspecified atom stereocenters. The number of piperidine rings is 1. The van der Waals surface area contributed by atoms with E-state index in [0.29, 0.717) is 11.6 Å². The van der Waals surface area contributed by atoms with Gasteiger partial charge in [-0.25, -0.2) is 0 Å². The van der Waals surface area contributed by atoms with Gasteiger partial charge >= 0.3 is 0 Å². The van der Waals surface area contributed by atoms with Crippen LogP contribution in [0.5, 0.6) is 0 Å². The second kappa shape index (κ2) is 6.91. The molecule has 23 heavy (non-hydrogen) atoms. The van der Waals surface area contributed by atoms with Crippen molar-refractivity contribution in [1.29, 1.82) is 0 Å². The average molecular weight is 337 g/mol. The molecule has 1 aliphatic heterocycles. The van der Waals surface area contributed by atoms with Gasteiger partial charge in [-0.05, 0) is 37.5 Å². The monoisotopic (exact) mass is 336 g/mol. The predicted molar refractivity (Wildman–Crippen MR) is 93.6 cm³/mol. The van der Waals surface area contributed by atoms with Crippen molar-refractivity contribution < 1.29 is 9.59 Å². The van der Waals surface area contributed by atoms with E-state index in [2.05, 4.69) is 5.32 Å². The van der Waals surface area contributed by atoms with Gasteiger partial charge in [0, 0.05) is 29.2 Å². The molecule has 0 radical (unpaired) electrons. The fourth-order valence-electron chi connectivity index (χ4n) is 2.81. The van der Waals surface area contributed by atoms with Gasteiger partial charge in [-0.15, -0.1) is 0 Å². The maximum atomic E-state index is 12.6. The van der Waals surface area contributed by atoms with Crippen molar-refractivity contribution in [1.82, 2.24) is 4.90 Å². The second-order valence-electron chi connectivity index (χ2n) is 7.29. The SMILES string of the molecule is Cc1ccc(Cl)cc1NC(=O)[C@H]1CCCN(C(=O)C(C)(C)C)C1. The molecule has 5 heteroatoms. The molecular formula is C18H25ClN2O2. The zero-order valence-electron chi connectivity index (χ0n) is 14.3. The summed E-state index contributed by atoms with van der Waals surface area (Å²) in [6.07, 6.45) is 1.66. The van der Waals surface area contributed by atoms with E-state index < -0.39 is 5.41 Å². The molecule has 2 rings (SSSR count). The number of hydrogen-bond donors (Lipinski definition) is 1. The highest BCUT2D eigenvalue weighted by molar-refractivity contribution is 6.31. The Balaban J connectivity index is 2.05. The Labute approximate surface area is 143 Å². The van der Waals surface area contributed by atoms with Crippen molar-refractivity contribution in [3.05, 3.63) is 28.8 Å². The van der Waals surface area contributed by atoms with Gasteiger partial charge in [0.2, 0.25) is 11.8 Å². The largest absolute Gasteiger partial charge is 0.341 e. The highest BCUT2D eigenvalue weighted by Crippen LogP contribution is 2.26. The lowest BCUT2D eigenvalue weighted by Gasteiger charge is -2.36. The Morgan fingerprint density at radius 3 is 2.65 bits per heavy atom. The summed E-state index contributed by atoms with van der Waals surface area (Å²) in [4.78, 5) is 26.8. The Kier molecular flexibility index (Phi) is 5.35. The third kappa shape index (κ3) is 4.47. The molecule has 4 nitrogen and oxygen atoms in total. The van der Waals surface area contributed by atoms with Crippen LogP contribution in [-0.2, 0) is 9.59 Å². The third-order valence-electron chi connectivity index (χ3n) is 4.18. The summed E-state index contributed by atoms with van der Waals surface area (Å²) < 4.78 is 0. The molecule has 1 atom stereocenters.